The minimum atomic E-state index is -1.25. The molecular weight excluding hydrogens is 484 g/mol. The number of nitrogens with one attached hydrogen (secondary N) is 5. The van der Waals surface area contributed by atoms with Crippen LogP contribution in [-0.4, -0.2) is 78.4 Å². The molecule has 0 aromatic heterocycles. The molecule has 1 aromatic carbocycles. The van der Waals surface area contributed by atoms with E-state index in [1.165, 1.54) is 32.8 Å². The van der Waals surface area contributed by atoms with Crippen molar-refractivity contribution in [2.45, 2.75) is 64.8 Å². The molecule has 13 heteroatoms. The minimum absolute atomic E-state index is 0.000538. The lowest BCUT2D eigenvalue weighted by Gasteiger charge is -2.22. The van der Waals surface area contributed by atoms with Crippen LogP contribution in [0.5, 0.6) is 0 Å². The fourth-order valence-corrected chi connectivity index (χ4v) is 2.86. The first-order valence-electron chi connectivity index (χ1n) is 11.6. The highest BCUT2D eigenvalue weighted by atomic mass is 16.6. The van der Waals surface area contributed by atoms with E-state index >= 15 is 0 Å². The van der Waals surface area contributed by atoms with Crippen molar-refractivity contribution in [3.8, 4) is 0 Å². The first-order valence-corrected chi connectivity index (χ1v) is 11.6. The first-order chi connectivity index (χ1) is 17.1. The van der Waals surface area contributed by atoms with Crippen molar-refractivity contribution in [1.82, 2.24) is 31.7 Å². The Labute approximate surface area is 216 Å². The summed E-state index contributed by atoms with van der Waals surface area (Å²) in [5.74, 6) is -4.23. The van der Waals surface area contributed by atoms with Gasteiger partial charge in [0.2, 0.25) is 5.91 Å². The molecule has 0 radical (unpaired) electrons. The number of nitrogens with zero attached hydrogens (tertiary/aromatic N) is 1. The monoisotopic (exact) mass is 520 g/mol. The van der Waals surface area contributed by atoms with Crippen molar-refractivity contribution in [3.63, 3.8) is 0 Å². The van der Waals surface area contributed by atoms with Gasteiger partial charge in [-0.2, -0.15) is 0 Å². The third-order valence-corrected chi connectivity index (χ3v) is 4.70. The third-order valence-electron chi connectivity index (χ3n) is 4.70. The van der Waals surface area contributed by atoms with Crippen molar-refractivity contribution in [3.05, 3.63) is 35.9 Å². The lowest BCUT2D eigenvalue weighted by Crippen LogP contribution is -2.58. The summed E-state index contributed by atoms with van der Waals surface area (Å²) in [6.45, 7) is 7.80. The van der Waals surface area contributed by atoms with Gasteiger partial charge in [0.15, 0.2) is 0 Å². The van der Waals surface area contributed by atoms with E-state index in [1.807, 2.05) is 0 Å². The van der Waals surface area contributed by atoms with Crippen molar-refractivity contribution < 1.29 is 33.5 Å². The van der Waals surface area contributed by atoms with E-state index in [-0.39, 0.29) is 6.42 Å². The van der Waals surface area contributed by atoms with Gasteiger partial charge in [0.05, 0.1) is 0 Å². The predicted molar refractivity (Wildman–Crippen MR) is 133 cm³/mol. The molecule has 1 rings (SSSR count). The Morgan fingerprint density at radius 1 is 0.811 bits per heavy atom. The van der Waals surface area contributed by atoms with Crippen molar-refractivity contribution in [1.29, 1.82) is 0 Å². The van der Waals surface area contributed by atoms with Gasteiger partial charge in [-0.1, -0.05) is 30.3 Å². The molecule has 13 nitrogen and oxygen atoms in total. The van der Waals surface area contributed by atoms with E-state index < -0.39 is 59.4 Å². The van der Waals surface area contributed by atoms with Gasteiger partial charge in [-0.05, 0) is 40.2 Å². The van der Waals surface area contributed by atoms with Crippen LogP contribution in [0.25, 0.3) is 0 Å². The predicted octanol–water partition coefficient (Wildman–Crippen LogP) is -0.633. The van der Waals surface area contributed by atoms with Gasteiger partial charge in [0.1, 0.15) is 23.7 Å². The fraction of sp³-hybridized carbons (Fsp3) is 0.500. The van der Waals surface area contributed by atoms with Crippen LogP contribution in [0, 0.1) is 0 Å². The SMILES string of the molecule is C[C@H](NC(=O)OC(C)(C)C)C(=O)NNC(=O)C(Cc1ccccc1)NC(=O)C(=O)N[C@@H](C)C(=O)N(C)C. The lowest BCUT2D eigenvalue weighted by molar-refractivity contribution is -0.143. The Hall–Kier alpha value is -4.16. The molecule has 0 aliphatic rings. The zero-order valence-electron chi connectivity index (χ0n) is 22.1. The number of ether oxygens (including phenoxy) is 1. The van der Waals surface area contributed by atoms with Gasteiger partial charge in [0, 0.05) is 20.5 Å². The molecule has 5 N–H and O–H groups in total. The largest absolute Gasteiger partial charge is 0.444 e. The van der Waals surface area contributed by atoms with E-state index in [1.54, 1.807) is 51.1 Å². The van der Waals surface area contributed by atoms with Crippen LogP contribution in [-0.2, 0) is 35.1 Å². The summed E-state index contributed by atoms with van der Waals surface area (Å²) >= 11 is 0. The molecule has 37 heavy (non-hydrogen) atoms. The van der Waals surface area contributed by atoms with Crippen LogP contribution in [0.2, 0.25) is 0 Å². The van der Waals surface area contributed by atoms with Crippen LogP contribution < -0.4 is 26.8 Å². The topological polar surface area (TPSA) is 175 Å². The molecule has 0 aliphatic heterocycles. The number of benzene rings is 1. The summed E-state index contributed by atoms with van der Waals surface area (Å²) in [7, 11) is 3.01. The molecule has 1 aromatic rings. The summed E-state index contributed by atoms with van der Waals surface area (Å²) in [6.07, 6.45) is -0.817. The van der Waals surface area contributed by atoms with Crippen LogP contribution in [0.15, 0.2) is 30.3 Å². The Balaban J connectivity index is 2.82. The number of carbonyl (C=O) groups is 6. The zero-order chi connectivity index (χ0) is 28.3. The average Bonchev–Trinajstić information content (AvgIpc) is 2.80. The van der Waals surface area contributed by atoms with Crippen LogP contribution in [0.4, 0.5) is 4.79 Å². The molecule has 6 amide bonds. The van der Waals surface area contributed by atoms with E-state index in [9.17, 15) is 28.8 Å². The van der Waals surface area contributed by atoms with E-state index in [0.717, 1.165) is 0 Å². The molecule has 0 aliphatic carbocycles. The molecule has 0 saturated heterocycles. The highest BCUT2D eigenvalue weighted by Crippen LogP contribution is 2.07. The highest BCUT2D eigenvalue weighted by molar-refractivity contribution is 6.35. The fourth-order valence-electron chi connectivity index (χ4n) is 2.86. The van der Waals surface area contributed by atoms with Gasteiger partial charge < -0.3 is 25.6 Å². The Bertz CT molecular complexity index is 991. The number of likely N-dealkylation sites (N-methyl/N-ethyl adjacent to an activating group) is 1. The maximum absolute atomic E-state index is 12.8. The Morgan fingerprint density at radius 3 is 1.89 bits per heavy atom. The number of alkyl carbamates (subject to hydrolysis) is 1. The Kier molecular flexibility index (Phi) is 11.5. The molecular formula is C24H36N6O7. The average molecular weight is 521 g/mol. The van der Waals surface area contributed by atoms with Crippen molar-refractivity contribution in [2.75, 3.05) is 14.1 Å². The van der Waals surface area contributed by atoms with Gasteiger partial charge in [0.25, 0.3) is 11.8 Å². The molecule has 0 fully saturated rings. The normalized spacial score (nSPS) is 13.2. The number of carbonyl (C=O) groups excluding carboxylic acids is 6. The number of rotatable bonds is 8. The van der Waals surface area contributed by atoms with Gasteiger partial charge >= 0.3 is 17.9 Å². The van der Waals surface area contributed by atoms with Crippen molar-refractivity contribution in [2.24, 2.45) is 0 Å². The smallest absolute Gasteiger partial charge is 0.408 e. The standard InChI is InChI=1S/C24H36N6O7/c1-14(26-23(36)37-24(3,4)5)18(31)28-29-19(32)17(13-16-11-9-8-10-12-16)27-21(34)20(33)25-15(2)22(35)30(6)7/h8-12,14-15,17H,13H2,1-7H3,(H,25,33)(H,26,36)(H,27,34)(H,28,31)(H,29,32)/t14-,15-,17?/m0/s1. The van der Waals surface area contributed by atoms with E-state index in [2.05, 4.69) is 26.8 Å². The summed E-state index contributed by atoms with van der Waals surface area (Å²) in [5, 5.41) is 6.93. The second kappa shape index (κ2) is 13.8. The molecule has 0 spiro atoms. The number of hydrogen-bond donors (Lipinski definition) is 5. The summed E-state index contributed by atoms with van der Waals surface area (Å²) in [4.78, 5) is 75.0. The van der Waals surface area contributed by atoms with Crippen molar-refractivity contribution >= 4 is 35.6 Å². The first kappa shape index (κ1) is 30.9. The molecule has 0 bridgehead atoms. The van der Waals surface area contributed by atoms with Crippen LogP contribution in [0.3, 0.4) is 0 Å². The Morgan fingerprint density at radius 2 is 1.35 bits per heavy atom. The number of amides is 6. The number of hydrazine groups is 1. The van der Waals surface area contributed by atoms with E-state index in [0.29, 0.717) is 5.56 Å². The van der Waals surface area contributed by atoms with Crippen LogP contribution in [0.1, 0.15) is 40.2 Å². The number of hydrogen-bond acceptors (Lipinski definition) is 7. The summed E-state index contributed by atoms with van der Waals surface area (Å²) in [6, 6.07) is 5.40. The minimum Gasteiger partial charge on any atom is -0.444 e. The molecule has 1 unspecified atom stereocenters. The summed E-state index contributed by atoms with van der Waals surface area (Å²) in [5.41, 5.74) is 4.26. The molecule has 204 valence electrons. The zero-order valence-corrected chi connectivity index (χ0v) is 22.1. The lowest BCUT2D eigenvalue weighted by atomic mass is 10.1. The van der Waals surface area contributed by atoms with Gasteiger partial charge in [-0.3, -0.25) is 34.8 Å². The second-order valence-electron chi connectivity index (χ2n) is 9.49. The molecule has 0 heterocycles. The van der Waals surface area contributed by atoms with Gasteiger partial charge in [-0.25, -0.2) is 4.79 Å². The van der Waals surface area contributed by atoms with Crippen LogP contribution >= 0.6 is 0 Å². The summed E-state index contributed by atoms with van der Waals surface area (Å²) < 4.78 is 5.08. The maximum atomic E-state index is 12.8. The van der Waals surface area contributed by atoms with Gasteiger partial charge in [-0.15, -0.1) is 0 Å². The maximum Gasteiger partial charge on any atom is 0.408 e. The second-order valence-corrected chi connectivity index (χ2v) is 9.49. The quantitative estimate of drug-likeness (QED) is 0.224. The van der Waals surface area contributed by atoms with E-state index in [4.69, 9.17) is 4.74 Å². The molecule has 0 saturated carbocycles. The third kappa shape index (κ3) is 11.4. The highest BCUT2D eigenvalue weighted by Gasteiger charge is 2.28. The molecule has 3 atom stereocenters.